The number of ether oxygens (including phenoxy) is 1. The molecule has 3 aliphatic rings. The fraction of sp³-hybridized carbons (Fsp3) is 0.586. The maximum Gasteiger partial charge on any atom is 0.311 e. The zero-order chi connectivity index (χ0) is 28.2. The van der Waals surface area contributed by atoms with E-state index >= 15 is 0 Å². The minimum absolute atomic E-state index is 0.0722. The van der Waals surface area contributed by atoms with Crippen molar-refractivity contribution in [3.05, 3.63) is 40.0 Å². The Kier molecular flexibility index (Phi) is 7.34. The molecule has 3 fully saturated rings. The molecule has 2 atom stereocenters. The van der Waals surface area contributed by atoms with Gasteiger partial charge >= 0.3 is 5.97 Å². The van der Waals surface area contributed by atoms with Crippen LogP contribution in [0.5, 0.6) is 0 Å². The van der Waals surface area contributed by atoms with E-state index in [-0.39, 0.29) is 17.4 Å². The molecule has 214 valence electrons. The summed E-state index contributed by atoms with van der Waals surface area (Å²) in [7, 11) is 3.39. The van der Waals surface area contributed by atoms with E-state index in [0.717, 1.165) is 61.6 Å². The van der Waals surface area contributed by atoms with Crippen LogP contribution in [0.2, 0.25) is 10.0 Å². The summed E-state index contributed by atoms with van der Waals surface area (Å²) in [5.41, 5.74) is 2.18. The first-order chi connectivity index (χ1) is 19.1. The molecule has 0 bridgehead atoms. The van der Waals surface area contributed by atoms with Gasteiger partial charge in [0.2, 0.25) is 5.95 Å². The molecule has 2 aromatic heterocycles. The normalized spacial score (nSPS) is 26.3. The number of hydrogen-bond acceptors (Lipinski definition) is 8. The van der Waals surface area contributed by atoms with Crippen molar-refractivity contribution in [2.24, 2.45) is 24.3 Å². The molecule has 11 heteroatoms. The van der Waals surface area contributed by atoms with Crippen LogP contribution in [0.1, 0.15) is 51.1 Å². The summed E-state index contributed by atoms with van der Waals surface area (Å²) in [5.74, 6) is 2.63. The number of esters is 1. The van der Waals surface area contributed by atoms with E-state index in [4.69, 9.17) is 37.9 Å². The summed E-state index contributed by atoms with van der Waals surface area (Å²) in [6.45, 7) is 8.22. The molecule has 0 radical (unpaired) electrons. The van der Waals surface area contributed by atoms with Crippen molar-refractivity contribution >= 4 is 52.0 Å². The van der Waals surface area contributed by atoms with Gasteiger partial charge < -0.3 is 19.9 Å². The lowest BCUT2D eigenvalue weighted by molar-refractivity contribution is -0.162. The van der Waals surface area contributed by atoms with Crippen LogP contribution < -0.4 is 10.2 Å². The monoisotopic (exact) mass is 585 g/mol. The van der Waals surface area contributed by atoms with Crippen LogP contribution in [0.4, 0.5) is 11.8 Å². The van der Waals surface area contributed by atoms with Gasteiger partial charge in [0.1, 0.15) is 5.52 Å². The van der Waals surface area contributed by atoms with Crippen LogP contribution >= 0.6 is 23.2 Å². The molecule has 0 unspecified atom stereocenters. The van der Waals surface area contributed by atoms with Gasteiger partial charge in [-0.2, -0.15) is 10.1 Å². The van der Waals surface area contributed by atoms with E-state index in [9.17, 15) is 4.79 Å². The summed E-state index contributed by atoms with van der Waals surface area (Å²) >= 11 is 12.6. The number of likely N-dealkylation sites (tertiary alicyclic amines) is 1. The number of hydrogen-bond donors (Lipinski definition) is 1. The molecular formula is C29H37Cl2N7O2. The van der Waals surface area contributed by atoms with Crippen LogP contribution in [0, 0.1) is 17.3 Å². The van der Waals surface area contributed by atoms with E-state index in [1.807, 2.05) is 32.3 Å². The average molecular weight is 587 g/mol. The molecule has 1 saturated carbocycles. The van der Waals surface area contributed by atoms with Gasteiger partial charge in [-0.25, -0.2) is 4.98 Å². The highest BCUT2D eigenvalue weighted by molar-refractivity contribution is 6.35. The van der Waals surface area contributed by atoms with E-state index < -0.39 is 0 Å². The lowest BCUT2D eigenvalue weighted by Gasteiger charge is -2.52. The molecule has 2 saturated heterocycles. The number of rotatable bonds is 7. The standard InChI is InChI=1S/C29H37Cl2N7O2/c1-17(22-8-7-20(30)10-23(22)31)32-26-25-24(16-36(3)35-25)33-28(34-26)38-14-19(15-38)18-6-5-9-37(13-18)21-11-29(2,12-21)27(39)40-4/h7-8,10,16-19,21H,5-6,9,11-15H2,1-4H3,(H,32,33,34)/t17-,18+,21?,29?/m1/s1. The third kappa shape index (κ3) is 5.12. The van der Waals surface area contributed by atoms with Gasteiger partial charge in [0.15, 0.2) is 11.3 Å². The minimum atomic E-state index is -0.315. The first-order valence-corrected chi connectivity index (χ1v) is 14.9. The predicted octanol–water partition coefficient (Wildman–Crippen LogP) is 5.33. The summed E-state index contributed by atoms with van der Waals surface area (Å²) in [5, 5.41) is 9.36. The molecule has 9 nitrogen and oxygen atoms in total. The Morgan fingerprint density at radius 2 is 1.95 bits per heavy atom. The highest BCUT2D eigenvalue weighted by Gasteiger charge is 2.50. The Balaban J connectivity index is 1.12. The van der Waals surface area contributed by atoms with Crippen LogP contribution in [-0.2, 0) is 16.6 Å². The molecule has 4 heterocycles. The van der Waals surface area contributed by atoms with Gasteiger partial charge in [-0.15, -0.1) is 0 Å². The molecule has 3 aromatic rings. The topological polar surface area (TPSA) is 88.4 Å². The van der Waals surface area contributed by atoms with Crippen molar-refractivity contribution in [2.75, 3.05) is 43.5 Å². The molecule has 1 aromatic carbocycles. The van der Waals surface area contributed by atoms with Gasteiger partial charge in [0.25, 0.3) is 0 Å². The van der Waals surface area contributed by atoms with Crippen molar-refractivity contribution in [3.8, 4) is 0 Å². The van der Waals surface area contributed by atoms with Crippen LogP contribution in [0.15, 0.2) is 24.4 Å². The molecule has 2 aliphatic heterocycles. The van der Waals surface area contributed by atoms with Crippen molar-refractivity contribution in [3.63, 3.8) is 0 Å². The summed E-state index contributed by atoms with van der Waals surface area (Å²) in [6.07, 6.45) is 6.20. The smallest absolute Gasteiger partial charge is 0.311 e. The van der Waals surface area contributed by atoms with Gasteiger partial charge in [-0.1, -0.05) is 29.3 Å². The number of aromatic nitrogens is 4. The highest BCUT2D eigenvalue weighted by Crippen LogP contribution is 2.46. The molecular weight excluding hydrogens is 549 g/mol. The fourth-order valence-corrected chi connectivity index (χ4v) is 7.34. The first kappa shape index (κ1) is 27.5. The second-order valence-corrected chi connectivity index (χ2v) is 13.0. The number of nitrogens with zero attached hydrogens (tertiary/aromatic N) is 6. The maximum atomic E-state index is 12.1. The fourth-order valence-electron chi connectivity index (χ4n) is 6.77. The third-order valence-corrected chi connectivity index (χ3v) is 9.73. The number of piperidine rings is 1. The number of fused-ring (bicyclic) bond motifs is 1. The first-order valence-electron chi connectivity index (χ1n) is 14.1. The van der Waals surface area contributed by atoms with Crippen molar-refractivity contribution < 1.29 is 9.53 Å². The summed E-state index contributed by atoms with van der Waals surface area (Å²) in [4.78, 5) is 26.8. The molecule has 1 aliphatic carbocycles. The molecule has 40 heavy (non-hydrogen) atoms. The molecule has 6 rings (SSSR count). The number of halogens is 2. The van der Waals surface area contributed by atoms with E-state index in [1.165, 1.54) is 20.0 Å². The van der Waals surface area contributed by atoms with E-state index in [1.54, 1.807) is 10.7 Å². The third-order valence-electron chi connectivity index (χ3n) is 9.16. The zero-order valence-electron chi connectivity index (χ0n) is 23.5. The summed E-state index contributed by atoms with van der Waals surface area (Å²) < 4.78 is 6.80. The van der Waals surface area contributed by atoms with E-state index in [0.29, 0.717) is 33.7 Å². The largest absolute Gasteiger partial charge is 0.469 e. The van der Waals surface area contributed by atoms with E-state index in [2.05, 4.69) is 27.1 Å². The number of methoxy groups -OCH3 is 1. The van der Waals surface area contributed by atoms with Crippen molar-refractivity contribution in [1.29, 1.82) is 0 Å². The molecule has 1 N–H and O–H groups in total. The van der Waals surface area contributed by atoms with Crippen LogP contribution in [0.3, 0.4) is 0 Å². The molecule has 0 spiro atoms. The zero-order valence-corrected chi connectivity index (χ0v) is 25.0. The Morgan fingerprint density at radius 1 is 1.18 bits per heavy atom. The van der Waals surface area contributed by atoms with Crippen LogP contribution in [-0.4, -0.2) is 69.9 Å². The quantitative estimate of drug-likeness (QED) is 0.372. The number of aryl methyl sites for hydroxylation is 1. The number of nitrogens with one attached hydrogen (secondary N) is 1. The van der Waals surface area contributed by atoms with Crippen molar-refractivity contribution in [2.45, 2.75) is 51.6 Å². The van der Waals surface area contributed by atoms with Crippen LogP contribution in [0.25, 0.3) is 11.0 Å². The minimum Gasteiger partial charge on any atom is -0.469 e. The van der Waals surface area contributed by atoms with Gasteiger partial charge in [0.05, 0.1) is 24.8 Å². The lowest BCUT2D eigenvalue weighted by atomic mass is 9.65. The van der Waals surface area contributed by atoms with Gasteiger partial charge in [-0.3, -0.25) is 9.48 Å². The number of carbonyl (C=O) groups excluding carboxylic acids is 1. The van der Waals surface area contributed by atoms with Gasteiger partial charge in [0, 0.05) is 42.8 Å². The Labute approximate surface area is 245 Å². The maximum absolute atomic E-state index is 12.1. The Morgan fingerprint density at radius 3 is 2.67 bits per heavy atom. The van der Waals surface area contributed by atoms with Gasteiger partial charge in [-0.05, 0) is 75.6 Å². The predicted molar refractivity (Wildman–Crippen MR) is 158 cm³/mol. The Bertz CT molecular complexity index is 1420. The number of carbonyl (C=O) groups is 1. The second kappa shape index (κ2) is 10.7. The molecule has 0 amide bonds. The average Bonchev–Trinajstić information content (AvgIpc) is 3.26. The summed E-state index contributed by atoms with van der Waals surface area (Å²) in [6, 6.07) is 5.94. The number of anilines is 2. The highest BCUT2D eigenvalue weighted by atomic mass is 35.5. The second-order valence-electron chi connectivity index (χ2n) is 12.1. The Hall–Kier alpha value is -2.62. The lowest BCUT2D eigenvalue weighted by Crippen LogP contribution is -2.58. The van der Waals surface area contributed by atoms with Crippen molar-refractivity contribution in [1.82, 2.24) is 24.6 Å². The number of benzene rings is 1. The SMILES string of the molecule is COC(=O)C1(C)CC(N2CCC[C@H](C3CN(c4nc(N[C@H](C)c5ccc(Cl)cc5Cl)c5nn(C)cc5n4)C3)C2)C1.